The van der Waals surface area contributed by atoms with Gasteiger partial charge in [0.15, 0.2) is 0 Å². The summed E-state index contributed by atoms with van der Waals surface area (Å²) >= 11 is 0. The van der Waals surface area contributed by atoms with Crippen LogP contribution in [0.2, 0.25) is 0 Å². The summed E-state index contributed by atoms with van der Waals surface area (Å²) in [6, 6.07) is 16.0. The Morgan fingerprint density at radius 2 is 1.89 bits per heavy atom. The van der Waals surface area contributed by atoms with E-state index in [0.29, 0.717) is 16.9 Å². The van der Waals surface area contributed by atoms with Gasteiger partial charge >= 0.3 is 6.03 Å². The minimum absolute atomic E-state index is 0.144. The molecule has 1 heterocycles. The maximum atomic E-state index is 12.3. The number of hydrogen-bond acceptors (Lipinski definition) is 4. The molecule has 3 amide bonds. The number of urea groups is 1. The Kier molecular flexibility index (Phi) is 5.33. The normalized spacial score (nSPS) is 14.8. The van der Waals surface area contributed by atoms with Gasteiger partial charge in [0.05, 0.1) is 11.6 Å². The number of ether oxygens (including phenoxy) is 1. The molecule has 1 fully saturated rings. The number of hydrogen-bond donors (Lipinski definition) is 1. The van der Waals surface area contributed by atoms with E-state index in [9.17, 15) is 14.9 Å². The van der Waals surface area contributed by atoms with E-state index in [-0.39, 0.29) is 18.8 Å². The van der Waals surface area contributed by atoms with Gasteiger partial charge in [0.2, 0.25) is 0 Å². The zero-order chi connectivity index (χ0) is 19.2. The van der Waals surface area contributed by atoms with Crippen molar-refractivity contribution in [2.24, 2.45) is 0 Å². The fourth-order valence-electron chi connectivity index (χ4n) is 2.66. The van der Waals surface area contributed by atoms with Crippen molar-refractivity contribution in [3.05, 3.63) is 83.6 Å². The predicted octanol–water partition coefficient (Wildman–Crippen LogP) is 3.22. The molecule has 1 aliphatic heterocycles. The second kappa shape index (κ2) is 8.02. The number of carbonyl (C=O) groups excluding carboxylic acids is 2. The minimum Gasteiger partial charge on any atom is -0.488 e. The van der Waals surface area contributed by atoms with Gasteiger partial charge in [0.25, 0.3) is 5.91 Å². The van der Waals surface area contributed by atoms with E-state index in [0.717, 1.165) is 10.5 Å². The van der Waals surface area contributed by atoms with Crippen LogP contribution in [0, 0.1) is 11.3 Å². The standard InChI is InChI=1S/C21H17N3O3/c1-2-11-24-20(25)18(23-21(24)26)12-15-7-5-6-10-19(15)27-14-17-9-4-3-8-16(17)13-22/h2-10,12H,1,11,14H2,(H,23,26)/b18-12+. The first kappa shape index (κ1) is 18.0. The highest BCUT2D eigenvalue weighted by molar-refractivity contribution is 6.14. The highest BCUT2D eigenvalue weighted by Crippen LogP contribution is 2.24. The number of carbonyl (C=O) groups is 2. The van der Waals surface area contributed by atoms with Crippen LogP contribution in [0.5, 0.6) is 5.75 Å². The average Bonchev–Trinajstić information content (AvgIpc) is 2.95. The minimum atomic E-state index is -0.479. The van der Waals surface area contributed by atoms with Gasteiger partial charge in [-0.1, -0.05) is 42.5 Å². The number of para-hydroxylation sites is 1. The van der Waals surface area contributed by atoms with Crippen molar-refractivity contribution < 1.29 is 14.3 Å². The van der Waals surface area contributed by atoms with Crippen LogP contribution in [0.15, 0.2) is 66.9 Å². The molecule has 0 spiro atoms. The molecule has 1 aliphatic rings. The second-order valence-electron chi connectivity index (χ2n) is 5.79. The number of nitriles is 1. The fourth-order valence-corrected chi connectivity index (χ4v) is 2.66. The third-order valence-electron chi connectivity index (χ3n) is 4.01. The highest BCUT2D eigenvalue weighted by Gasteiger charge is 2.32. The molecular weight excluding hydrogens is 342 g/mol. The van der Waals surface area contributed by atoms with Gasteiger partial charge in [-0.05, 0) is 18.2 Å². The molecule has 0 unspecified atom stereocenters. The van der Waals surface area contributed by atoms with E-state index < -0.39 is 11.9 Å². The maximum Gasteiger partial charge on any atom is 0.329 e. The van der Waals surface area contributed by atoms with E-state index >= 15 is 0 Å². The lowest BCUT2D eigenvalue weighted by Crippen LogP contribution is -2.30. The van der Waals surface area contributed by atoms with Crippen LogP contribution in [0.25, 0.3) is 6.08 Å². The molecular formula is C21H17N3O3. The van der Waals surface area contributed by atoms with Crippen molar-refractivity contribution in [1.82, 2.24) is 10.2 Å². The van der Waals surface area contributed by atoms with Crippen molar-refractivity contribution in [1.29, 1.82) is 5.26 Å². The summed E-state index contributed by atoms with van der Waals surface area (Å²) in [4.78, 5) is 25.3. The predicted molar refractivity (Wildman–Crippen MR) is 100 cm³/mol. The first-order valence-corrected chi connectivity index (χ1v) is 8.29. The molecule has 6 heteroatoms. The Hall–Kier alpha value is -3.85. The molecule has 0 atom stereocenters. The van der Waals surface area contributed by atoms with Crippen LogP contribution in [0.3, 0.4) is 0 Å². The number of nitrogens with zero attached hydrogens (tertiary/aromatic N) is 2. The van der Waals surface area contributed by atoms with E-state index in [1.807, 2.05) is 24.3 Å². The molecule has 0 bridgehead atoms. The number of nitrogens with one attached hydrogen (secondary N) is 1. The van der Waals surface area contributed by atoms with E-state index in [1.54, 1.807) is 30.3 Å². The fraction of sp³-hybridized carbons (Fsp3) is 0.0952. The number of imide groups is 1. The zero-order valence-electron chi connectivity index (χ0n) is 14.5. The van der Waals surface area contributed by atoms with Gasteiger partial charge in [-0.2, -0.15) is 5.26 Å². The molecule has 0 aromatic heterocycles. The quantitative estimate of drug-likeness (QED) is 0.488. The topological polar surface area (TPSA) is 82.4 Å². The molecule has 0 radical (unpaired) electrons. The number of rotatable bonds is 6. The first-order valence-electron chi connectivity index (χ1n) is 8.29. The lowest BCUT2D eigenvalue weighted by atomic mass is 10.1. The van der Waals surface area contributed by atoms with Gasteiger partial charge in [-0.15, -0.1) is 6.58 Å². The molecule has 2 aromatic carbocycles. The highest BCUT2D eigenvalue weighted by atomic mass is 16.5. The molecule has 1 N–H and O–H groups in total. The summed E-state index contributed by atoms with van der Waals surface area (Å²) in [7, 11) is 0. The van der Waals surface area contributed by atoms with Gasteiger partial charge < -0.3 is 10.1 Å². The summed E-state index contributed by atoms with van der Waals surface area (Å²) in [5, 5.41) is 11.7. The summed E-state index contributed by atoms with van der Waals surface area (Å²) in [6.45, 7) is 3.91. The van der Waals surface area contributed by atoms with Crippen molar-refractivity contribution >= 4 is 18.0 Å². The smallest absolute Gasteiger partial charge is 0.329 e. The molecule has 2 aromatic rings. The monoisotopic (exact) mass is 359 g/mol. The number of benzene rings is 2. The molecule has 6 nitrogen and oxygen atoms in total. The van der Waals surface area contributed by atoms with E-state index in [4.69, 9.17) is 4.74 Å². The van der Waals surface area contributed by atoms with Crippen LogP contribution in [0.4, 0.5) is 4.79 Å². The second-order valence-corrected chi connectivity index (χ2v) is 5.79. The van der Waals surface area contributed by atoms with Crippen molar-refractivity contribution in [2.45, 2.75) is 6.61 Å². The molecule has 27 heavy (non-hydrogen) atoms. The third-order valence-corrected chi connectivity index (χ3v) is 4.01. The van der Waals surface area contributed by atoms with Gasteiger partial charge in [-0.25, -0.2) is 4.79 Å². The van der Waals surface area contributed by atoms with E-state index in [2.05, 4.69) is 18.0 Å². The Labute approximate surface area is 157 Å². The van der Waals surface area contributed by atoms with Gasteiger partial charge in [-0.3, -0.25) is 9.69 Å². The Morgan fingerprint density at radius 1 is 1.15 bits per heavy atom. The Balaban J connectivity index is 1.83. The Morgan fingerprint density at radius 3 is 2.67 bits per heavy atom. The van der Waals surface area contributed by atoms with Crippen molar-refractivity contribution in [3.8, 4) is 11.8 Å². The van der Waals surface area contributed by atoms with E-state index in [1.165, 1.54) is 6.08 Å². The SMILES string of the molecule is C=CCN1C(=O)N/C(=C/c2ccccc2OCc2ccccc2C#N)C1=O. The van der Waals surface area contributed by atoms with Crippen molar-refractivity contribution in [2.75, 3.05) is 6.54 Å². The average molecular weight is 359 g/mol. The van der Waals surface area contributed by atoms with Crippen molar-refractivity contribution in [3.63, 3.8) is 0 Å². The lowest BCUT2D eigenvalue weighted by Gasteiger charge is -2.10. The van der Waals surface area contributed by atoms with Crippen LogP contribution < -0.4 is 10.1 Å². The molecule has 0 aliphatic carbocycles. The van der Waals surface area contributed by atoms with Gasteiger partial charge in [0.1, 0.15) is 18.1 Å². The maximum absolute atomic E-state index is 12.3. The molecule has 0 saturated carbocycles. The summed E-state index contributed by atoms with van der Waals surface area (Å²) in [6.07, 6.45) is 3.07. The lowest BCUT2D eigenvalue weighted by molar-refractivity contribution is -0.122. The molecule has 1 saturated heterocycles. The van der Waals surface area contributed by atoms with Crippen LogP contribution in [0.1, 0.15) is 16.7 Å². The van der Waals surface area contributed by atoms with Crippen LogP contribution in [-0.4, -0.2) is 23.4 Å². The molecule has 3 rings (SSSR count). The zero-order valence-corrected chi connectivity index (χ0v) is 14.5. The Bertz CT molecular complexity index is 973. The third kappa shape index (κ3) is 3.88. The van der Waals surface area contributed by atoms with Gasteiger partial charge in [0, 0.05) is 17.7 Å². The summed E-state index contributed by atoms with van der Waals surface area (Å²) in [5.41, 5.74) is 2.14. The summed E-state index contributed by atoms with van der Waals surface area (Å²) < 4.78 is 5.86. The van der Waals surface area contributed by atoms with Crippen LogP contribution in [-0.2, 0) is 11.4 Å². The first-order chi connectivity index (χ1) is 13.1. The largest absolute Gasteiger partial charge is 0.488 e. The summed E-state index contributed by atoms with van der Waals surface area (Å²) in [5.74, 6) is 0.131. The molecule has 134 valence electrons. The number of amides is 3. The van der Waals surface area contributed by atoms with Crippen LogP contribution >= 0.6 is 0 Å².